The predicted molar refractivity (Wildman–Crippen MR) is 99.6 cm³/mol. The standard InChI is InChI=1S/C19H15F3N4O4/c20-19(21,22)8-5-12-1-3-13(4-2-12)15-16(26(29)30)17(24-11-23-15)25-9-6-14(7-10-25)18(27)28/h1-4,11,14H,6-7,9-10H2,(H,27,28). The Hall–Kier alpha value is -3.68. The van der Waals surface area contributed by atoms with Crippen LogP contribution < -0.4 is 4.90 Å². The first-order chi connectivity index (χ1) is 14.2. The molecule has 2 aromatic rings. The van der Waals surface area contributed by atoms with Crippen LogP contribution in [0.1, 0.15) is 18.4 Å². The van der Waals surface area contributed by atoms with E-state index in [0.29, 0.717) is 31.5 Å². The lowest BCUT2D eigenvalue weighted by molar-refractivity contribution is -0.383. The molecule has 0 atom stereocenters. The molecule has 1 aromatic carbocycles. The van der Waals surface area contributed by atoms with Crippen molar-refractivity contribution in [3.8, 4) is 23.1 Å². The molecule has 0 unspecified atom stereocenters. The van der Waals surface area contributed by atoms with Crippen molar-refractivity contribution in [3.63, 3.8) is 0 Å². The van der Waals surface area contributed by atoms with Crippen LogP contribution in [0.25, 0.3) is 11.3 Å². The molecule has 0 amide bonds. The zero-order chi connectivity index (χ0) is 21.9. The maximum atomic E-state index is 12.2. The fourth-order valence-electron chi connectivity index (χ4n) is 3.17. The van der Waals surface area contributed by atoms with E-state index in [0.717, 1.165) is 5.92 Å². The number of piperidine rings is 1. The van der Waals surface area contributed by atoms with Crippen LogP contribution >= 0.6 is 0 Å². The van der Waals surface area contributed by atoms with Crippen molar-refractivity contribution < 1.29 is 28.0 Å². The first-order valence-electron chi connectivity index (χ1n) is 8.83. The quantitative estimate of drug-likeness (QED) is 0.459. The average molecular weight is 420 g/mol. The second-order valence-electron chi connectivity index (χ2n) is 6.58. The summed E-state index contributed by atoms with van der Waals surface area (Å²) < 4.78 is 36.6. The molecule has 8 nitrogen and oxygen atoms in total. The topological polar surface area (TPSA) is 109 Å². The van der Waals surface area contributed by atoms with Gasteiger partial charge in [-0.15, -0.1) is 0 Å². The number of hydrogen-bond donors (Lipinski definition) is 1. The number of carboxylic acid groups (broad SMARTS) is 1. The number of anilines is 1. The van der Waals surface area contributed by atoms with Crippen LogP contribution in [0, 0.1) is 27.9 Å². The summed E-state index contributed by atoms with van der Waals surface area (Å²) in [7, 11) is 0. The maximum absolute atomic E-state index is 12.2. The van der Waals surface area contributed by atoms with E-state index in [1.165, 1.54) is 30.6 Å². The van der Waals surface area contributed by atoms with Gasteiger partial charge in [0.15, 0.2) is 5.69 Å². The number of benzene rings is 1. The van der Waals surface area contributed by atoms with E-state index < -0.39 is 23.0 Å². The summed E-state index contributed by atoms with van der Waals surface area (Å²) >= 11 is 0. The van der Waals surface area contributed by atoms with Gasteiger partial charge in [0.2, 0.25) is 5.82 Å². The molecule has 0 aliphatic carbocycles. The second kappa shape index (κ2) is 8.36. The lowest BCUT2D eigenvalue weighted by Crippen LogP contribution is -2.37. The Kier molecular flexibility index (Phi) is 5.86. The van der Waals surface area contributed by atoms with Gasteiger partial charge in [0, 0.05) is 30.1 Å². The van der Waals surface area contributed by atoms with Gasteiger partial charge in [0.25, 0.3) is 0 Å². The minimum absolute atomic E-state index is 0.0145. The van der Waals surface area contributed by atoms with Crippen molar-refractivity contribution in [2.75, 3.05) is 18.0 Å². The number of nitro groups is 1. The van der Waals surface area contributed by atoms with Crippen LogP contribution in [0.15, 0.2) is 30.6 Å². The van der Waals surface area contributed by atoms with Gasteiger partial charge in [-0.25, -0.2) is 9.97 Å². The van der Waals surface area contributed by atoms with Crippen molar-refractivity contribution in [3.05, 3.63) is 46.3 Å². The average Bonchev–Trinajstić information content (AvgIpc) is 2.71. The van der Waals surface area contributed by atoms with Crippen molar-refractivity contribution in [2.45, 2.75) is 19.0 Å². The summed E-state index contributed by atoms with van der Waals surface area (Å²) in [5, 5.41) is 20.9. The van der Waals surface area contributed by atoms with Gasteiger partial charge in [-0.1, -0.05) is 18.1 Å². The summed E-state index contributed by atoms with van der Waals surface area (Å²) in [4.78, 5) is 31.9. The Morgan fingerprint density at radius 3 is 2.37 bits per heavy atom. The monoisotopic (exact) mass is 420 g/mol. The van der Waals surface area contributed by atoms with Crippen LogP contribution in [0.4, 0.5) is 24.7 Å². The maximum Gasteiger partial charge on any atom is 0.458 e. The molecular formula is C19H15F3N4O4. The van der Waals surface area contributed by atoms with Gasteiger partial charge in [-0.2, -0.15) is 13.2 Å². The molecule has 1 aliphatic rings. The van der Waals surface area contributed by atoms with Gasteiger partial charge >= 0.3 is 17.8 Å². The Balaban J connectivity index is 1.93. The van der Waals surface area contributed by atoms with E-state index in [4.69, 9.17) is 5.11 Å². The summed E-state index contributed by atoms with van der Waals surface area (Å²) in [6.07, 6.45) is -2.79. The lowest BCUT2D eigenvalue weighted by Gasteiger charge is -2.30. The van der Waals surface area contributed by atoms with Crippen molar-refractivity contribution >= 4 is 17.5 Å². The summed E-state index contributed by atoms with van der Waals surface area (Å²) in [5.74, 6) is 1.81. The third kappa shape index (κ3) is 4.83. The molecule has 0 radical (unpaired) electrons. The number of aromatic nitrogens is 2. The van der Waals surface area contributed by atoms with Crippen molar-refractivity contribution in [1.82, 2.24) is 9.97 Å². The van der Waals surface area contributed by atoms with E-state index in [9.17, 15) is 28.1 Å². The number of aliphatic carboxylic acids is 1. The Bertz CT molecular complexity index is 1020. The first kappa shape index (κ1) is 21.0. The molecule has 0 spiro atoms. The highest BCUT2D eigenvalue weighted by Crippen LogP contribution is 2.36. The normalized spacial score (nSPS) is 14.7. The molecule has 30 heavy (non-hydrogen) atoms. The Morgan fingerprint density at radius 2 is 1.83 bits per heavy atom. The van der Waals surface area contributed by atoms with Crippen LogP contribution in [0.5, 0.6) is 0 Å². The predicted octanol–water partition coefficient (Wildman–Crippen LogP) is 3.27. The molecule has 0 bridgehead atoms. The van der Waals surface area contributed by atoms with Crippen LogP contribution in [0.3, 0.4) is 0 Å². The molecule has 1 N–H and O–H groups in total. The molecule has 11 heteroatoms. The number of nitrogens with zero attached hydrogens (tertiary/aromatic N) is 4. The smallest absolute Gasteiger partial charge is 0.458 e. The van der Waals surface area contributed by atoms with Gasteiger partial charge < -0.3 is 10.0 Å². The van der Waals surface area contributed by atoms with Crippen molar-refractivity contribution in [1.29, 1.82) is 0 Å². The van der Waals surface area contributed by atoms with Crippen LogP contribution in [-0.2, 0) is 4.79 Å². The van der Waals surface area contributed by atoms with Gasteiger partial charge in [0.1, 0.15) is 6.33 Å². The molecule has 1 aromatic heterocycles. The molecule has 0 saturated carbocycles. The van der Waals surface area contributed by atoms with Gasteiger partial charge in [-0.3, -0.25) is 14.9 Å². The van der Waals surface area contributed by atoms with Gasteiger partial charge in [-0.05, 0) is 25.0 Å². The van der Waals surface area contributed by atoms with Crippen LogP contribution in [-0.4, -0.2) is 45.2 Å². The molecule has 2 heterocycles. The highest BCUT2D eigenvalue weighted by molar-refractivity contribution is 5.78. The molecule has 1 fully saturated rings. The third-order valence-electron chi connectivity index (χ3n) is 4.64. The molecule has 3 rings (SSSR count). The molecule has 1 saturated heterocycles. The van der Waals surface area contributed by atoms with Crippen LogP contribution in [0.2, 0.25) is 0 Å². The zero-order valence-electron chi connectivity index (χ0n) is 15.4. The number of carbonyl (C=O) groups is 1. The number of halogens is 3. The highest BCUT2D eigenvalue weighted by Gasteiger charge is 2.32. The third-order valence-corrected chi connectivity index (χ3v) is 4.64. The minimum Gasteiger partial charge on any atom is -0.481 e. The Labute approximate surface area is 168 Å². The first-order valence-corrected chi connectivity index (χ1v) is 8.83. The lowest BCUT2D eigenvalue weighted by atomic mass is 9.97. The fraction of sp³-hybridized carbons (Fsp3) is 0.316. The summed E-state index contributed by atoms with van der Waals surface area (Å²) in [6.45, 7) is 0.584. The molecule has 1 aliphatic heterocycles. The van der Waals surface area contributed by atoms with E-state index in [2.05, 4.69) is 9.97 Å². The van der Waals surface area contributed by atoms with E-state index in [1.807, 2.05) is 5.92 Å². The number of hydrogen-bond acceptors (Lipinski definition) is 6. The molecular weight excluding hydrogens is 405 g/mol. The number of rotatable bonds is 4. The van der Waals surface area contributed by atoms with E-state index >= 15 is 0 Å². The number of alkyl halides is 3. The van der Waals surface area contributed by atoms with Crippen molar-refractivity contribution in [2.24, 2.45) is 5.92 Å². The summed E-state index contributed by atoms with van der Waals surface area (Å²) in [5.41, 5.74) is 0.0909. The molecule has 156 valence electrons. The second-order valence-corrected chi connectivity index (χ2v) is 6.58. The van der Waals surface area contributed by atoms with E-state index in [1.54, 1.807) is 4.90 Å². The fourth-order valence-corrected chi connectivity index (χ4v) is 3.17. The number of carboxylic acids is 1. The Morgan fingerprint density at radius 1 is 1.20 bits per heavy atom. The minimum atomic E-state index is -4.62. The zero-order valence-corrected chi connectivity index (χ0v) is 15.4. The SMILES string of the molecule is O=C(O)C1CCN(c2ncnc(-c3ccc(C#CC(F)(F)F)cc3)c2[N+](=O)[O-])CC1. The summed E-state index contributed by atoms with van der Waals surface area (Å²) in [6, 6.07) is 5.43. The highest BCUT2D eigenvalue weighted by atomic mass is 19.4. The largest absolute Gasteiger partial charge is 0.481 e. The van der Waals surface area contributed by atoms with Gasteiger partial charge in [0.05, 0.1) is 10.8 Å². The van der Waals surface area contributed by atoms with E-state index in [-0.39, 0.29) is 22.8 Å².